The molecule has 0 radical (unpaired) electrons. The largest absolute Gasteiger partial charge is 0.457 e. The Morgan fingerprint density at radius 3 is 2.60 bits per heavy atom. The van der Waals surface area contributed by atoms with E-state index in [0.717, 1.165) is 34.1 Å². The first kappa shape index (κ1) is 16.7. The molecule has 2 saturated heterocycles. The zero-order valence-electron chi connectivity index (χ0n) is 13.6. The van der Waals surface area contributed by atoms with Gasteiger partial charge >= 0.3 is 11.1 Å². The van der Waals surface area contributed by atoms with Crippen LogP contribution in [-0.2, 0) is 4.79 Å². The van der Waals surface area contributed by atoms with Crippen LogP contribution in [0, 0.1) is 0 Å². The molecule has 6 heteroatoms. The molecule has 128 valence electrons. The highest BCUT2D eigenvalue weighted by Gasteiger charge is 2.33. The number of furan rings is 1. The molecule has 2 aromatic rings. The maximum absolute atomic E-state index is 12.3. The number of rotatable bonds is 2. The third-order valence-corrected chi connectivity index (χ3v) is 5.93. The zero-order valence-corrected chi connectivity index (χ0v) is 16.0. The lowest BCUT2D eigenvalue weighted by molar-refractivity contribution is -0.536. The summed E-state index contributed by atoms with van der Waals surface area (Å²) in [7, 11) is 0. The Morgan fingerprint density at radius 1 is 1.08 bits per heavy atom. The number of amidine groups is 1. The van der Waals surface area contributed by atoms with E-state index in [1.54, 1.807) is 0 Å². The number of carbonyl (C=O) groups excluding carboxylic acids is 1. The predicted molar refractivity (Wildman–Crippen MR) is 104 cm³/mol. The van der Waals surface area contributed by atoms with Gasteiger partial charge in [0.05, 0.1) is 13.1 Å². The van der Waals surface area contributed by atoms with Crippen LogP contribution in [0.25, 0.3) is 17.4 Å². The lowest BCUT2D eigenvalue weighted by Gasteiger charge is -2.13. The average molecular weight is 418 g/mol. The summed E-state index contributed by atoms with van der Waals surface area (Å²) in [6.07, 6.45) is 5.47. The highest BCUT2D eigenvalue weighted by molar-refractivity contribution is 9.10. The Kier molecular flexibility index (Phi) is 4.81. The molecule has 4 nitrogen and oxygen atoms in total. The lowest BCUT2D eigenvalue weighted by Crippen LogP contribution is -2.33. The summed E-state index contributed by atoms with van der Waals surface area (Å²) in [5, 5.41) is 3.94. The number of carbonyl (C=O) groups is 1. The van der Waals surface area contributed by atoms with Crippen molar-refractivity contribution in [2.45, 2.75) is 19.3 Å². The number of hydrogen-bond donors (Lipinski definition) is 1. The molecule has 0 atom stereocenters. The maximum Gasteiger partial charge on any atom is 0.346 e. The molecule has 1 aromatic carbocycles. The van der Waals surface area contributed by atoms with Crippen LogP contribution >= 0.6 is 27.7 Å². The van der Waals surface area contributed by atoms with Crippen molar-refractivity contribution in [2.24, 2.45) is 0 Å². The van der Waals surface area contributed by atoms with Crippen molar-refractivity contribution in [2.75, 3.05) is 13.1 Å². The molecule has 0 saturated carbocycles. The summed E-state index contributed by atoms with van der Waals surface area (Å²) in [5.41, 5.74) is 1.01. The highest BCUT2D eigenvalue weighted by atomic mass is 79.9. The smallest absolute Gasteiger partial charge is 0.346 e. The second kappa shape index (κ2) is 7.22. The second-order valence-electron chi connectivity index (χ2n) is 6.13. The summed E-state index contributed by atoms with van der Waals surface area (Å²) < 4.78 is 9.19. The molecule has 2 fully saturated rings. The van der Waals surface area contributed by atoms with Gasteiger partial charge in [-0.2, -0.15) is 5.32 Å². The van der Waals surface area contributed by atoms with E-state index in [2.05, 4.69) is 25.8 Å². The number of hydrogen-bond acceptors (Lipinski definition) is 3. The third-order valence-electron chi connectivity index (χ3n) is 4.32. The van der Waals surface area contributed by atoms with Gasteiger partial charge in [0.2, 0.25) is 0 Å². The Labute approximate surface area is 159 Å². The average Bonchev–Trinajstić information content (AvgIpc) is 3.24. The van der Waals surface area contributed by atoms with E-state index in [1.165, 1.54) is 31.0 Å². The molecule has 0 bridgehead atoms. The minimum atomic E-state index is -0.0489. The first-order valence-corrected chi connectivity index (χ1v) is 9.98. The number of amides is 1. The fourth-order valence-electron chi connectivity index (χ4n) is 3.00. The van der Waals surface area contributed by atoms with E-state index in [-0.39, 0.29) is 5.91 Å². The van der Waals surface area contributed by atoms with E-state index in [0.29, 0.717) is 10.7 Å². The van der Waals surface area contributed by atoms with Crippen LogP contribution in [0.3, 0.4) is 0 Å². The SMILES string of the molecule is O=C1NC(=[N+]2CCCCC2)S/C1=C\c1ccc(-c2ccc(Br)cc2)o1. The van der Waals surface area contributed by atoms with Crippen molar-refractivity contribution in [3.8, 4) is 11.3 Å². The topological polar surface area (TPSA) is 45.2 Å². The maximum atomic E-state index is 12.3. The van der Waals surface area contributed by atoms with E-state index < -0.39 is 0 Å². The van der Waals surface area contributed by atoms with E-state index in [9.17, 15) is 4.79 Å². The van der Waals surface area contributed by atoms with Gasteiger partial charge in [-0.25, -0.2) is 4.79 Å². The predicted octanol–water partition coefficient (Wildman–Crippen LogP) is 4.47. The first-order valence-electron chi connectivity index (χ1n) is 8.38. The van der Waals surface area contributed by atoms with E-state index in [4.69, 9.17) is 4.42 Å². The van der Waals surface area contributed by atoms with Gasteiger partial charge in [-0.1, -0.05) is 28.1 Å². The number of thioether (sulfide) groups is 1. The number of nitrogens with zero attached hydrogens (tertiary/aromatic N) is 1. The standard InChI is InChI=1S/C19H17BrN2O2S/c20-14-6-4-13(5-7-14)16-9-8-15(24-16)12-17-18(23)21-19(25-17)22-10-2-1-3-11-22/h4-9,12H,1-3,10-11H2/p+1/b17-12-. The Bertz CT molecular complexity index is 860. The highest BCUT2D eigenvalue weighted by Crippen LogP contribution is 2.29. The van der Waals surface area contributed by atoms with Gasteiger partial charge in [-0.15, -0.1) is 0 Å². The van der Waals surface area contributed by atoms with Gasteiger partial charge in [-0.05, 0) is 43.5 Å². The molecule has 1 N–H and O–H groups in total. The molecule has 1 aromatic heterocycles. The molecule has 4 rings (SSSR count). The molecule has 2 aliphatic heterocycles. The van der Waals surface area contributed by atoms with E-state index >= 15 is 0 Å². The van der Waals surface area contributed by atoms with Crippen LogP contribution in [0.1, 0.15) is 25.0 Å². The van der Waals surface area contributed by atoms with Gasteiger partial charge < -0.3 is 4.42 Å². The van der Waals surface area contributed by atoms with E-state index in [1.807, 2.05) is 42.5 Å². The van der Waals surface area contributed by atoms with Gasteiger partial charge in [0.25, 0.3) is 0 Å². The number of halogens is 1. The van der Waals surface area contributed by atoms with Gasteiger partial charge in [-0.3, -0.25) is 4.58 Å². The van der Waals surface area contributed by atoms with Crippen molar-refractivity contribution < 1.29 is 13.8 Å². The monoisotopic (exact) mass is 417 g/mol. The molecule has 0 aliphatic carbocycles. The van der Waals surface area contributed by atoms with Crippen LogP contribution in [-0.4, -0.2) is 28.7 Å². The molecule has 2 aliphatic rings. The summed E-state index contributed by atoms with van der Waals surface area (Å²) in [6.45, 7) is 2.04. The van der Waals surface area contributed by atoms with Crippen molar-refractivity contribution in [3.05, 3.63) is 51.5 Å². The van der Waals surface area contributed by atoms with Crippen molar-refractivity contribution in [1.82, 2.24) is 5.32 Å². The van der Waals surface area contributed by atoms with Gasteiger partial charge in [0.15, 0.2) is 0 Å². The van der Waals surface area contributed by atoms with Gasteiger partial charge in [0, 0.05) is 27.9 Å². The first-order chi connectivity index (χ1) is 12.2. The molecule has 0 unspecified atom stereocenters. The number of nitrogens with one attached hydrogen (secondary N) is 1. The molecular formula is C19H18BrN2O2S+. The normalized spacial score (nSPS) is 19.6. The minimum Gasteiger partial charge on any atom is -0.457 e. The van der Waals surface area contributed by atoms with Crippen molar-refractivity contribution in [3.63, 3.8) is 0 Å². The Morgan fingerprint density at radius 2 is 1.84 bits per heavy atom. The van der Waals surface area contributed by atoms with Crippen molar-refractivity contribution in [1.29, 1.82) is 0 Å². The number of benzene rings is 1. The summed E-state index contributed by atoms with van der Waals surface area (Å²) in [5.74, 6) is 1.44. The Balaban J connectivity index is 1.55. The molecular weight excluding hydrogens is 400 g/mol. The second-order valence-corrected chi connectivity index (χ2v) is 8.07. The molecule has 1 amide bonds. The quantitative estimate of drug-likeness (QED) is 0.579. The summed E-state index contributed by atoms with van der Waals surface area (Å²) in [6, 6.07) is 11.8. The van der Waals surface area contributed by atoms with Crippen LogP contribution in [0.15, 0.2) is 50.2 Å². The number of piperidine rings is 1. The van der Waals surface area contributed by atoms with Crippen LogP contribution < -0.4 is 5.32 Å². The van der Waals surface area contributed by atoms with Crippen LogP contribution in [0.5, 0.6) is 0 Å². The fraction of sp³-hybridized carbons (Fsp3) is 0.263. The summed E-state index contributed by atoms with van der Waals surface area (Å²) in [4.78, 5) is 12.9. The Hall–Kier alpha value is -1.79. The molecule has 0 spiro atoms. The minimum absolute atomic E-state index is 0.0489. The molecule has 25 heavy (non-hydrogen) atoms. The summed E-state index contributed by atoms with van der Waals surface area (Å²) >= 11 is 4.94. The third kappa shape index (κ3) is 3.75. The van der Waals surface area contributed by atoms with Crippen molar-refractivity contribution >= 4 is 44.8 Å². The van der Waals surface area contributed by atoms with Gasteiger partial charge in [0.1, 0.15) is 16.4 Å². The van der Waals surface area contributed by atoms with Crippen LogP contribution in [0.4, 0.5) is 0 Å². The zero-order chi connectivity index (χ0) is 17.2. The molecule has 3 heterocycles. The lowest BCUT2D eigenvalue weighted by atomic mass is 10.2. The fourth-order valence-corrected chi connectivity index (χ4v) is 4.25. The van der Waals surface area contributed by atoms with Crippen LogP contribution in [0.2, 0.25) is 0 Å².